The van der Waals surface area contributed by atoms with Gasteiger partial charge in [0, 0.05) is 24.9 Å². The minimum Gasteiger partial charge on any atom is -0.456 e. The van der Waals surface area contributed by atoms with Crippen molar-refractivity contribution in [3.05, 3.63) is 59.6 Å². The van der Waals surface area contributed by atoms with Crippen LogP contribution in [0, 0.1) is 0 Å². The van der Waals surface area contributed by atoms with Crippen molar-refractivity contribution in [3.63, 3.8) is 0 Å². The molecule has 41 heavy (non-hydrogen) atoms. The number of aliphatic hydroxyl groups excluding tert-OH is 1. The molecule has 3 fully saturated rings. The Morgan fingerprint density at radius 2 is 1.66 bits per heavy atom. The maximum Gasteiger partial charge on any atom is 0.296 e. The Labute approximate surface area is 242 Å². The average Bonchev–Trinajstić information content (AvgIpc) is 3.76. The molecule has 214 valence electrons. The van der Waals surface area contributed by atoms with Crippen molar-refractivity contribution in [2.75, 3.05) is 32.6 Å². The molecule has 0 aliphatic carbocycles. The van der Waals surface area contributed by atoms with Crippen molar-refractivity contribution in [1.82, 2.24) is 19.3 Å². The normalized spacial score (nSPS) is 25.8. The lowest BCUT2D eigenvalue weighted by Gasteiger charge is -2.16. The molecule has 4 aromatic rings. The first-order chi connectivity index (χ1) is 19.8. The zero-order chi connectivity index (χ0) is 28.1. The van der Waals surface area contributed by atoms with Gasteiger partial charge in [-0.25, -0.2) is 13.5 Å². The topological polar surface area (TPSA) is 122 Å². The summed E-state index contributed by atoms with van der Waals surface area (Å²) in [5.41, 5.74) is 5.37. The van der Waals surface area contributed by atoms with E-state index in [4.69, 9.17) is 30.8 Å². The molecule has 0 spiro atoms. The highest BCUT2D eigenvalue weighted by atomic mass is 35.5. The third-order valence-electron chi connectivity index (χ3n) is 7.83. The van der Waals surface area contributed by atoms with Crippen LogP contribution in [0.4, 0.5) is 5.69 Å². The number of imidazole rings is 1. The molecule has 3 unspecified atom stereocenters. The number of pyridine rings is 1. The second kappa shape index (κ2) is 10.6. The molecule has 12 heteroatoms. The number of aliphatic hydroxyl groups is 1. The van der Waals surface area contributed by atoms with Crippen molar-refractivity contribution >= 4 is 38.4 Å². The van der Waals surface area contributed by atoms with Gasteiger partial charge in [-0.05, 0) is 42.2 Å². The summed E-state index contributed by atoms with van der Waals surface area (Å²) in [6.07, 6.45) is 2.12. The van der Waals surface area contributed by atoms with E-state index in [1.165, 1.54) is 0 Å². The Kier molecular flexibility index (Phi) is 6.96. The average molecular weight is 596 g/mol. The highest BCUT2D eigenvalue weighted by molar-refractivity contribution is 7.90. The molecule has 2 aromatic carbocycles. The summed E-state index contributed by atoms with van der Waals surface area (Å²) in [5.74, 6) is 0. The molecule has 2 N–H and O–H groups in total. The first-order valence-corrected chi connectivity index (χ1v) is 15.9. The molecular formula is C29H30ClN5O5S. The van der Waals surface area contributed by atoms with Gasteiger partial charge >= 0.3 is 0 Å². The second-order valence-electron chi connectivity index (χ2n) is 10.7. The molecule has 7 rings (SSSR count). The van der Waals surface area contributed by atoms with Crippen LogP contribution >= 0.6 is 11.6 Å². The van der Waals surface area contributed by atoms with E-state index in [2.05, 4.69) is 14.3 Å². The van der Waals surface area contributed by atoms with Crippen LogP contribution in [0.5, 0.6) is 6.01 Å². The van der Waals surface area contributed by atoms with Gasteiger partial charge in [0.1, 0.15) is 28.2 Å². The van der Waals surface area contributed by atoms with E-state index >= 15 is 0 Å². The fraction of sp³-hybridized carbons (Fsp3) is 0.379. The molecule has 3 saturated heterocycles. The monoisotopic (exact) mass is 595 g/mol. The van der Waals surface area contributed by atoms with Crippen LogP contribution in [0.2, 0.25) is 5.02 Å². The number of benzene rings is 2. The molecule has 0 bridgehead atoms. The number of fused-ring (bicyclic) bond motifs is 2. The molecular weight excluding hydrogens is 566 g/mol. The second-order valence-corrected chi connectivity index (χ2v) is 13.3. The summed E-state index contributed by atoms with van der Waals surface area (Å²) in [5, 5.41) is 10.4. The number of aromatic amines is 1. The third kappa shape index (κ3) is 5.22. The van der Waals surface area contributed by atoms with Gasteiger partial charge in [-0.1, -0.05) is 48.0 Å². The van der Waals surface area contributed by atoms with Gasteiger partial charge in [-0.15, -0.1) is 0 Å². The maximum absolute atomic E-state index is 13.0. The molecule has 0 amide bonds. The van der Waals surface area contributed by atoms with Crippen molar-refractivity contribution in [1.29, 1.82) is 0 Å². The third-order valence-corrected chi connectivity index (χ3v) is 9.99. The predicted octanol–water partition coefficient (Wildman–Crippen LogP) is 4.59. The SMILES string of the molecule is CS(=O)(=Nc1ccc(-c2ccc(-c3nc4nc(O[C@@H]5COC6C5OC[C@H]6O)[nH]c4cc3Cl)cc2)cc1)N1CCCC1. The highest BCUT2D eigenvalue weighted by Gasteiger charge is 2.48. The van der Waals surface area contributed by atoms with Gasteiger partial charge in [0.25, 0.3) is 6.01 Å². The predicted molar refractivity (Wildman–Crippen MR) is 157 cm³/mol. The van der Waals surface area contributed by atoms with Gasteiger partial charge in [0.05, 0.1) is 35.1 Å². The Morgan fingerprint density at radius 3 is 2.39 bits per heavy atom. The Balaban J connectivity index is 1.08. The number of halogens is 1. The Bertz CT molecular complexity index is 1700. The molecule has 3 aliphatic heterocycles. The number of aromatic nitrogens is 3. The number of ether oxygens (including phenoxy) is 3. The molecule has 5 heterocycles. The maximum atomic E-state index is 13.0. The lowest BCUT2D eigenvalue weighted by Crippen LogP contribution is -2.34. The Morgan fingerprint density at radius 1 is 1.00 bits per heavy atom. The lowest BCUT2D eigenvalue weighted by molar-refractivity contribution is 0.00706. The molecule has 0 radical (unpaired) electrons. The quantitative estimate of drug-likeness (QED) is 0.334. The van der Waals surface area contributed by atoms with Crippen LogP contribution in [0.15, 0.2) is 59.0 Å². The van der Waals surface area contributed by atoms with E-state index in [1.54, 1.807) is 12.3 Å². The molecule has 10 nitrogen and oxygen atoms in total. The van der Waals surface area contributed by atoms with Crippen LogP contribution in [-0.4, -0.2) is 85.5 Å². The molecule has 2 aromatic heterocycles. The Hall–Kier alpha value is -3.06. The first-order valence-electron chi connectivity index (χ1n) is 13.7. The summed E-state index contributed by atoms with van der Waals surface area (Å²) < 4.78 is 36.8. The van der Waals surface area contributed by atoms with Crippen LogP contribution < -0.4 is 4.74 Å². The largest absolute Gasteiger partial charge is 0.456 e. The van der Waals surface area contributed by atoms with E-state index in [0.717, 1.165) is 42.6 Å². The number of nitrogens with one attached hydrogen (secondary N) is 1. The summed E-state index contributed by atoms with van der Waals surface area (Å²) in [6.45, 7) is 2.21. The van der Waals surface area contributed by atoms with Gasteiger partial charge in [-0.3, -0.25) is 0 Å². The van der Waals surface area contributed by atoms with E-state index in [9.17, 15) is 9.32 Å². The van der Waals surface area contributed by atoms with E-state index in [1.807, 2.05) is 52.8 Å². The van der Waals surface area contributed by atoms with Gasteiger partial charge in [-0.2, -0.15) is 9.35 Å². The lowest BCUT2D eigenvalue weighted by atomic mass is 10.0. The van der Waals surface area contributed by atoms with Crippen LogP contribution in [0.25, 0.3) is 33.5 Å². The zero-order valence-electron chi connectivity index (χ0n) is 22.4. The van der Waals surface area contributed by atoms with Crippen LogP contribution in [-0.2, 0) is 19.4 Å². The first kappa shape index (κ1) is 26.8. The van der Waals surface area contributed by atoms with Crippen LogP contribution in [0.1, 0.15) is 12.8 Å². The fourth-order valence-corrected chi connectivity index (χ4v) is 7.48. The standard InChI is InChI=1S/C29H30ClN5O5S/c1-41(37,35-12-2-3-13-35)34-20-10-8-18(9-11-20)17-4-6-19(7-5-17)25-21(30)14-22-28(32-25)33-29(31-22)40-24-16-39-26-23(36)15-38-27(24)26/h4-11,14,23-24,26-27,36H,2-3,12-13,15-16H2,1H3,(H,31,32,33)/t23-,24-,26?,27?,41?/m1/s1. The van der Waals surface area contributed by atoms with Crippen molar-refractivity contribution in [2.45, 2.75) is 37.3 Å². The minimum atomic E-state index is -2.40. The summed E-state index contributed by atoms with van der Waals surface area (Å²) in [6, 6.07) is 17.9. The van der Waals surface area contributed by atoms with Crippen molar-refractivity contribution in [2.24, 2.45) is 4.36 Å². The fourth-order valence-electron chi connectivity index (χ4n) is 5.66. The summed E-state index contributed by atoms with van der Waals surface area (Å²) in [4.78, 5) is 12.3. The molecule has 5 atom stereocenters. The number of nitrogens with zero attached hydrogens (tertiary/aromatic N) is 4. The van der Waals surface area contributed by atoms with Crippen LogP contribution in [0.3, 0.4) is 0 Å². The van der Waals surface area contributed by atoms with E-state index in [-0.39, 0.29) is 24.9 Å². The zero-order valence-corrected chi connectivity index (χ0v) is 24.0. The number of hydrogen-bond donors (Lipinski definition) is 2. The van der Waals surface area contributed by atoms with E-state index < -0.39 is 16.0 Å². The number of rotatable bonds is 6. The molecule has 0 saturated carbocycles. The smallest absolute Gasteiger partial charge is 0.296 e. The number of hydrogen-bond acceptors (Lipinski definition) is 8. The summed E-state index contributed by atoms with van der Waals surface area (Å²) >= 11 is 6.62. The van der Waals surface area contributed by atoms with Gasteiger partial charge in [0.2, 0.25) is 0 Å². The van der Waals surface area contributed by atoms with E-state index in [0.29, 0.717) is 40.2 Å². The van der Waals surface area contributed by atoms with Gasteiger partial charge < -0.3 is 24.3 Å². The minimum absolute atomic E-state index is 0.233. The van der Waals surface area contributed by atoms with Crippen molar-refractivity contribution < 1.29 is 23.5 Å². The summed E-state index contributed by atoms with van der Waals surface area (Å²) in [7, 11) is -2.40. The molecule has 3 aliphatic rings. The number of H-pyrrole nitrogens is 1. The van der Waals surface area contributed by atoms with Crippen molar-refractivity contribution in [3.8, 4) is 28.4 Å². The highest BCUT2D eigenvalue weighted by Crippen LogP contribution is 2.33. The van der Waals surface area contributed by atoms with Gasteiger partial charge in [0.15, 0.2) is 11.8 Å².